The number of benzene rings is 2. The van der Waals surface area contributed by atoms with Crippen molar-refractivity contribution in [3.8, 4) is 5.75 Å². The molecule has 33 heavy (non-hydrogen) atoms. The summed E-state index contributed by atoms with van der Waals surface area (Å²) in [5.41, 5.74) is 1.84. The summed E-state index contributed by atoms with van der Waals surface area (Å²) in [5, 5.41) is 4.13. The van der Waals surface area contributed by atoms with Gasteiger partial charge in [-0.3, -0.25) is 9.59 Å². The van der Waals surface area contributed by atoms with Crippen molar-refractivity contribution in [2.45, 2.75) is 18.9 Å². The molecule has 3 heterocycles. The minimum atomic E-state index is -0.485. The zero-order valence-corrected chi connectivity index (χ0v) is 19.2. The van der Waals surface area contributed by atoms with E-state index in [1.807, 2.05) is 47.4 Å². The van der Waals surface area contributed by atoms with E-state index in [0.717, 1.165) is 35.4 Å². The van der Waals surface area contributed by atoms with Crippen molar-refractivity contribution in [3.63, 3.8) is 0 Å². The van der Waals surface area contributed by atoms with Crippen molar-refractivity contribution in [3.05, 3.63) is 53.3 Å². The van der Waals surface area contributed by atoms with Gasteiger partial charge in [-0.25, -0.2) is 9.55 Å². The van der Waals surface area contributed by atoms with Gasteiger partial charge in [0.05, 0.1) is 12.6 Å². The van der Waals surface area contributed by atoms with Crippen LogP contribution in [0.15, 0.2) is 48.5 Å². The number of ether oxygens (including phenoxy) is 1. The van der Waals surface area contributed by atoms with Crippen LogP contribution in [0, 0.1) is 4.77 Å². The van der Waals surface area contributed by atoms with Gasteiger partial charge in [0, 0.05) is 49.7 Å². The predicted molar refractivity (Wildman–Crippen MR) is 130 cm³/mol. The topological polar surface area (TPSA) is 79.7 Å². The monoisotopic (exact) mass is 463 g/mol. The molecule has 9 heteroatoms. The van der Waals surface area contributed by atoms with Gasteiger partial charge in [0.15, 0.2) is 0 Å². The fourth-order valence-electron chi connectivity index (χ4n) is 4.51. The zero-order valence-electron chi connectivity index (χ0n) is 18.4. The highest BCUT2D eigenvalue weighted by Gasteiger charge is 2.32. The molecule has 2 aliphatic rings. The highest BCUT2D eigenvalue weighted by Crippen LogP contribution is 2.29. The zero-order chi connectivity index (χ0) is 22.9. The van der Waals surface area contributed by atoms with Crippen molar-refractivity contribution < 1.29 is 14.3 Å². The molecule has 1 amide bonds. The van der Waals surface area contributed by atoms with Crippen LogP contribution >= 0.6 is 12.2 Å². The standard InChI is InChI=1S/C24H25N5O3S/c1-32-17-6-4-5-16(15-17)27-11-13-28(14-12-27)21(30)10-9-20-23(31)29-22(25-20)18-7-2-3-8-19(18)26-24(29)33/h2-8,15,20,25H,9-14H2,1H3. The number of hydrogen-bond acceptors (Lipinski definition) is 7. The van der Waals surface area contributed by atoms with Crippen molar-refractivity contribution >= 4 is 46.4 Å². The first-order valence-electron chi connectivity index (χ1n) is 11.0. The Balaban J connectivity index is 1.20. The summed E-state index contributed by atoms with van der Waals surface area (Å²) in [5.74, 6) is 1.41. The quantitative estimate of drug-likeness (QED) is 0.582. The third-order valence-corrected chi connectivity index (χ3v) is 6.59. The van der Waals surface area contributed by atoms with Gasteiger partial charge in [0.25, 0.3) is 5.91 Å². The second-order valence-electron chi connectivity index (χ2n) is 8.24. The highest BCUT2D eigenvalue weighted by molar-refractivity contribution is 7.71. The molecule has 1 fully saturated rings. The van der Waals surface area contributed by atoms with Crippen LogP contribution in [0.4, 0.5) is 11.5 Å². The summed E-state index contributed by atoms with van der Waals surface area (Å²) in [6, 6.07) is 15.1. The molecule has 1 unspecified atom stereocenters. The van der Waals surface area contributed by atoms with Crippen LogP contribution in [0.5, 0.6) is 5.75 Å². The predicted octanol–water partition coefficient (Wildman–Crippen LogP) is 3.34. The molecule has 1 aromatic heterocycles. The summed E-state index contributed by atoms with van der Waals surface area (Å²) in [7, 11) is 1.66. The number of anilines is 2. The lowest BCUT2D eigenvalue weighted by Crippen LogP contribution is -2.49. The Bertz CT molecular complexity index is 1280. The molecule has 5 rings (SSSR count). The Morgan fingerprint density at radius 1 is 1.15 bits per heavy atom. The Kier molecular flexibility index (Phi) is 5.72. The second-order valence-corrected chi connectivity index (χ2v) is 8.60. The molecule has 0 spiro atoms. The fourth-order valence-corrected chi connectivity index (χ4v) is 4.79. The van der Waals surface area contributed by atoms with Crippen LogP contribution < -0.4 is 15.0 Å². The molecule has 3 aromatic rings. The maximum atomic E-state index is 13.0. The van der Waals surface area contributed by atoms with Crippen LogP contribution in [-0.2, 0) is 4.79 Å². The van der Waals surface area contributed by atoms with Gasteiger partial charge >= 0.3 is 0 Å². The molecule has 2 aromatic carbocycles. The van der Waals surface area contributed by atoms with Gasteiger partial charge in [-0.05, 0) is 42.9 Å². The molecule has 1 atom stereocenters. The number of aromatic nitrogens is 2. The number of nitrogens with one attached hydrogen (secondary N) is 1. The normalized spacial score (nSPS) is 17.7. The molecular weight excluding hydrogens is 438 g/mol. The molecule has 170 valence electrons. The fraction of sp³-hybridized carbons (Fsp3) is 0.333. The Hall–Kier alpha value is -3.46. The lowest BCUT2D eigenvalue weighted by Gasteiger charge is -2.36. The van der Waals surface area contributed by atoms with Crippen molar-refractivity contribution in [1.29, 1.82) is 0 Å². The molecule has 1 N–H and O–H groups in total. The Morgan fingerprint density at radius 3 is 2.73 bits per heavy atom. The van der Waals surface area contributed by atoms with Gasteiger partial charge in [-0.1, -0.05) is 18.2 Å². The molecule has 0 saturated carbocycles. The largest absolute Gasteiger partial charge is 0.497 e. The van der Waals surface area contributed by atoms with E-state index in [0.29, 0.717) is 31.7 Å². The van der Waals surface area contributed by atoms with Gasteiger partial charge in [-0.2, -0.15) is 0 Å². The molecule has 1 saturated heterocycles. The molecular formula is C24H25N5O3S. The number of carbonyl (C=O) groups is 2. The number of methoxy groups -OCH3 is 1. The van der Waals surface area contributed by atoms with E-state index < -0.39 is 6.04 Å². The first-order valence-corrected chi connectivity index (χ1v) is 11.5. The minimum Gasteiger partial charge on any atom is -0.497 e. The Morgan fingerprint density at radius 2 is 1.94 bits per heavy atom. The van der Waals surface area contributed by atoms with Crippen LogP contribution in [-0.4, -0.2) is 65.6 Å². The number of piperazine rings is 1. The molecule has 0 bridgehead atoms. The third-order valence-electron chi connectivity index (χ3n) is 6.32. The minimum absolute atomic E-state index is 0.0671. The van der Waals surface area contributed by atoms with Crippen LogP contribution in [0.2, 0.25) is 0 Å². The molecule has 0 radical (unpaired) electrons. The van der Waals surface area contributed by atoms with Gasteiger partial charge < -0.3 is 19.9 Å². The van der Waals surface area contributed by atoms with E-state index in [4.69, 9.17) is 17.0 Å². The maximum Gasteiger partial charge on any atom is 0.257 e. The lowest BCUT2D eigenvalue weighted by molar-refractivity contribution is -0.131. The molecule has 0 aliphatic carbocycles. The average molecular weight is 464 g/mol. The summed E-state index contributed by atoms with van der Waals surface area (Å²) < 4.78 is 7.01. The van der Waals surface area contributed by atoms with Crippen molar-refractivity contribution in [2.75, 3.05) is 43.5 Å². The van der Waals surface area contributed by atoms with Crippen LogP contribution in [0.1, 0.15) is 17.6 Å². The van der Waals surface area contributed by atoms with Gasteiger partial charge in [-0.15, -0.1) is 0 Å². The van der Waals surface area contributed by atoms with Crippen molar-refractivity contribution in [1.82, 2.24) is 14.5 Å². The third kappa shape index (κ3) is 4.04. The lowest BCUT2D eigenvalue weighted by atomic mass is 10.1. The number of nitrogens with zero attached hydrogens (tertiary/aromatic N) is 4. The van der Waals surface area contributed by atoms with Crippen LogP contribution in [0.3, 0.4) is 0 Å². The van der Waals surface area contributed by atoms with E-state index in [-0.39, 0.29) is 16.6 Å². The van der Waals surface area contributed by atoms with Gasteiger partial charge in [0.2, 0.25) is 10.7 Å². The number of fused-ring (bicyclic) bond motifs is 3. The number of carbonyl (C=O) groups excluding carboxylic acids is 2. The molecule has 8 nitrogen and oxygen atoms in total. The Labute approximate surface area is 196 Å². The summed E-state index contributed by atoms with van der Waals surface area (Å²) in [4.78, 5) is 34.3. The first kappa shape index (κ1) is 21.4. The summed E-state index contributed by atoms with van der Waals surface area (Å²) in [6.07, 6.45) is 0.716. The SMILES string of the molecule is COc1cccc(N2CCN(C(=O)CCC3Nc4c5ccccc5nc(=S)n4C3=O)CC2)c1. The number of para-hydroxylation sites is 1. The second kappa shape index (κ2) is 8.82. The average Bonchev–Trinajstić information content (AvgIpc) is 3.19. The maximum absolute atomic E-state index is 13.0. The summed E-state index contributed by atoms with van der Waals surface area (Å²) in [6.45, 7) is 2.83. The van der Waals surface area contributed by atoms with E-state index in [9.17, 15) is 9.59 Å². The van der Waals surface area contributed by atoms with E-state index in [2.05, 4.69) is 21.3 Å². The smallest absolute Gasteiger partial charge is 0.257 e. The van der Waals surface area contributed by atoms with E-state index in [1.165, 1.54) is 4.57 Å². The molecule has 2 aliphatic heterocycles. The number of hydrogen-bond donors (Lipinski definition) is 1. The van der Waals surface area contributed by atoms with Crippen molar-refractivity contribution in [2.24, 2.45) is 0 Å². The first-order chi connectivity index (χ1) is 16.0. The van der Waals surface area contributed by atoms with Gasteiger partial charge in [0.1, 0.15) is 17.6 Å². The van der Waals surface area contributed by atoms with Crippen LogP contribution in [0.25, 0.3) is 10.9 Å². The van der Waals surface area contributed by atoms with E-state index in [1.54, 1.807) is 7.11 Å². The number of amides is 1. The highest BCUT2D eigenvalue weighted by atomic mass is 32.1. The summed E-state index contributed by atoms with van der Waals surface area (Å²) >= 11 is 5.34. The number of rotatable bonds is 5. The van der Waals surface area contributed by atoms with E-state index >= 15 is 0 Å².